The van der Waals surface area contributed by atoms with Gasteiger partial charge in [0.2, 0.25) is 0 Å². The van der Waals surface area contributed by atoms with Crippen molar-refractivity contribution in [3.8, 4) is 0 Å². The summed E-state index contributed by atoms with van der Waals surface area (Å²) in [5.74, 6) is 1.43. The molecule has 0 N–H and O–H groups in total. The number of aromatic nitrogens is 2. The highest BCUT2D eigenvalue weighted by molar-refractivity contribution is 5.77. The molecule has 0 unspecified atom stereocenters. The molecule has 2 aliphatic rings. The molecule has 2 aromatic rings. The van der Waals surface area contributed by atoms with Crippen LogP contribution in [-0.4, -0.2) is 9.97 Å². The number of para-hydroxylation sites is 2. The molecule has 4 rings (SSSR count). The van der Waals surface area contributed by atoms with Crippen LogP contribution < -0.4 is 0 Å². The summed E-state index contributed by atoms with van der Waals surface area (Å²) in [6.45, 7) is 0. The van der Waals surface area contributed by atoms with E-state index in [9.17, 15) is 0 Å². The van der Waals surface area contributed by atoms with Gasteiger partial charge >= 0.3 is 0 Å². The van der Waals surface area contributed by atoms with Crippen LogP contribution in [0.4, 0.5) is 0 Å². The molecule has 0 atom stereocenters. The van der Waals surface area contributed by atoms with Crippen LogP contribution in [0.25, 0.3) is 23.2 Å². The number of hydrogen-bond acceptors (Lipinski definition) is 2. The topological polar surface area (TPSA) is 25.8 Å². The van der Waals surface area contributed by atoms with Crippen LogP contribution >= 0.6 is 0 Å². The van der Waals surface area contributed by atoms with Crippen molar-refractivity contribution < 1.29 is 0 Å². The van der Waals surface area contributed by atoms with Gasteiger partial charge in [0.1, 0.15) is 0 Å². The first-order chi connectivity index (χ1) is 12.9. The van der Waals surface area contributed by atoms with Gasteiger partial charge in [0, 0.05) is 0 Å². The molecule has 26 heavy (non-hydrogen) atoms. The predicted molar refractivity (Wildman–Crippen MR) is 111 cm³/mol. The number of fused-ring (bicyclic) bond motifs is 1. The van der Waals surface area contributed by atoms with E-state index in [-0.39, 0.29) is 0 Å². The molecule has 0 amide bonds. The molecular weight excluding hydrogens is 316 g/mol. The lowest BCUT2D eigenvalue weighted by atomic mass is 9.88. The third-order valence-corrected chi connectivity index (χ3v) is 5.98. The van der Waals surface area contributed by atoms with E-state index in [1.54, 1.807) is 0 Å². The van der Waals surface area contributed by atoms with E-state index in [4.69, 9.17) is 9.97 Å². The number of benzene rings is 1. The molecular formula is C24H30N2. The van der Waals surface area contributed by atoms with Gasteiger partial charge in [0.25, 0.3) is 0 Å². The van der Waals surface area contributed by atoms with Crippen LogP contribution in [0.2, 0.25) is 0 Å². The summed E-state index contributed by atoms with van der Waals surface area (Å²) in [5.41, 5.74) is 4.04. The third kappa shape index (κ3) is 4.41. The van der Waals surface area contributed by atoms with E-state index in [1.165, 1.54) is 64.2 Å². The van der Waals surface area contributed by atoms with Crippen molar-refractivity contribution in [2.24, 2.45) is 11.8 Å². The number of rotatable bonds is 4. The van der Waals surface area contributed by atoms with E-state index in [2.05, 4.69) is 36.4 Å². The summed E-state index contributed by atoms with van der Waals surface area (Å²) >= 11 is 0. The highest BCUT2D eigenvalue weighted by Gasteiger charge is 2.12. The first kappa shape index (κ1) is 17.5. The van der Waals surface area contributed by atoms with Crippen LogP contribution in [-0.2, 0) is 0 Å². The minimum absolute atomic E-state index is 0.715. The summed E-state index contributed by atoms with van der Waals surface area (Å²) in [4.78, 5) is 9.85. The average Bonchev–Trinajstić information content (AvgIpc) is 2.72. The van der Waals surface area contributed by atoms with E-state index < -0.39 is 0 Å². The summed E-state index contributed by atoms with van der Waals surface area (Å²) in [7, 11) is 0. The largest absolute Gasteiger partial charge is 0.245 e. The van der Waals surface area contributed by atoms with Crippen molar-refractivity contribution >= 4 is 23.2 Å². The minimum Gasteiger partial charge on any atom is -0.245 e. The third-order valence-electron chi connectivity index (χ3n) is 5.98. The smallest absolute Gasteiger partial charge is 0.0894 e. The van der Waals surface area contributed by atoms with E-state index >= 15 is 0 Å². The fourth-order valence-corrected chi connectivity index (χ4v) is 4.38. The van der Waals surface area contributed by atoms with Crippen LogP contribution in [0.5, 0.6) is 0 Å². The van der Waals surface area contributed by atoms with Crippen molar-refractivity contribution in [1.82, 2.24) is 9.97 Å². The first-order valence-corrected chi connectivity index (χ1v) is 10.5. The maximum Gasteiger partial charge on any atom is 0.0894 e. The lowest BCUT2D eigenvalue weighted by Gasteiger charge is -2.18. The summed E-state index contributed by atoms with van der Waals surface area (Å²) in [6, 6.07) is 8.22. The van der Waals surface area contributed by atoms with Gasteiger partial charge in [0.05, 0.1) is 22.4 Å². The molecule has 0 aliphatic heterocycles. The maximum atomic E-state index is 4.92. The molecule has 2 aliphatic carbocycles. The molecule has 1 heterocycles. The highest BCUT2D eigenvalue weighted by Crippen LogP contribution is 2.27. The number of hydrogen-bond donors (Lipinski definition) is 0. The van der Waals surface area contributed by atoms with Crippen LogP contribution in [0, 0.1) is 11.8 Å². The standard InChI is InChI=1S/C24H30N2/c1-3-9-19(10-4-1)15-17-23-24(18-16-20-11-5-2-6-12-20)26-22-14-8-7-13-21(22)25-23/h7-8,13-20H,1-6,9-12H2/b17-15+,18-16+. The fraction of sp³-hybridized carbons (Fsp3) is 0.500. The molecule has 136 valence electrons. The Morgan fingerprint density at radius 3 is 1.46 bits per heavy atom. The highest BCUT2D eigenvalue weighted by atomic mass is 14.8. The fourth-order valence-electron chi connectivity index (χ4n) is 4.38. The Morgan fingerprint density at radius 1 is 0.615 bits per heavy atom. The Hall–Kier alpha value is -1.96. The van der Waals surface area contributed by atoms with E-state index in [1.807, 2.05) is 12.1 Å². The number of nitrogens with zero attached hydrogens (tertiary/aromatic N) is 2. The van der Waals surface area contributed by atoms with Crippen molar-refractivity contribution in [3.05, 3.63) is 47.8 Å². The Labute approximate surface area is 157 Å². The molecule has 1 aromatic heterocycles. The predicted octanol–water partition coefficient (Wildman–Crippen LogP) is 6.82. The zero-order chi connectivity index (χ0) is 17.6. The molecule has 2 nitrogen and oxygen atoms in total. The summed E-state index contributed by atoms with van der Waals surface area (Å²) in [5, 5.41) is 0. The van der Waals surface area contributed by atoms with Crippen LogP contribution in [0.15, 0.2) is 36.4 Å². The molecule has 0 spiro atoms. The van der Waals surface area contributed by atoms with E-state index in [0.29, 0.717) is 11.8 Å². The summed E-state index contributed by atoms with van der Waals surface area (Å²) < 4.78 is 0. The van der Waals surface area contributed by atoms with Crippen LogP contribution in [0.3, 0.4) is 0 Å². The Bertz CT molecular complexity index is 711. The molecule has 1 aromatic carbocycles. The van der Waals surface area contributed by atoms with Gasteiger partial charge in [-0.25, -0.2) is 9.97 Å². The molecule has 0 saturated heterocycles. The van der Waals surface area contributed by atoms with Crippen molar-refractivity contribution in [2.75, 3.05) is 0 Å². The Balaban J connectivity index is 1.62. The SMILES string of the molecule is C(=C\C1CCCCC1)/c1nc2ccccc2nc1/C=C/C1CCCCC1. The lowest BCUT2D eigenvalue weighted by Crippen LogP contribution is -2.03. The molecule has 2 heteroatoms. The Kier molecular flexibility index (Phi) is 5.78. The van der Waals surface area contributed by atoms with Gasteiger partial charge in [-0.1, -0.05) is 62.8 Å². The van der Waals surface area contributed by atoms with Gasteiger partial charge in [-0.3, -0.25) is 0 Å². The minimum atomic E-state index is 0.715. The maximum absolute atomic E-state index is 4.92. The monoisotopic (exact) mass is 346 g/mol. The molecule has 2 saturated carbocycles. The molecule has 0 radical (unpaired) electrons. The van der Waals surface area contributed by atoms with Crippen LogP contribution in [0.1, 0.15) is 75.6 Å². The summed E-state index contributed by atoms with van der Waals surface area (Å²) in [6.07, 6.45) is 22.8. The quantitative estimate of drug-likeness (QED) is 0.607. The van der Waals surface area contributed by atoms with Gasteiger partial charge < -0.3 is 0 Å². The average molecular weight is 347 g/mol. The second kappa shape index (κ2) is 8.62. The van der Waals surface area contributed by atoms with Gasteiger partial charge in [-0.2, -0.15) is 0 Å². The van der Waals surface area contributed by atoms with Crippen molar-refractivity contribution in [1.29, 1.82) is 0 Å². The zero-order valence-electron chi connectivity index (χ0n) is 15.7. The van der Waals surface area contributed by atoms with Gasteiger partial charge in [0.15, 0.2) is 0 Å². The normalized spacial score (nSPS) is 20.5. The second-order valence-corrected chi connectivity index (χ2v) is 8.00. The first-order valence-electron chi connectivity index (χ1n) is 10.5. The van der Waals surface area contributed by atoms with Gasteiger partial charge in [-0.05, 0) is 61.8 Å². The Morgan fingerprint density at radius 2 is 1.04 bits per heavy atom. The number of allylic oxidation sites excluding steroid dienone is 2. The van der Waals surface area contributed by atoms with Crippen molar-refractivity contribution in [3.63, 3.8) is 0 Å². The van der Waals surface area contributed by atoms with E-state index in [0.717, 1.165) is 22.4 Å². The van der Waals surface area contributed by atoms with Gasteiger partial charge in [-0.15, -0.1) is 0 Å². The zero-order valence-corrected chi connectivity index (χ0v) is 15.7. The molecule has 0 bridgehead atoms. The van der Waals surface area contributed by atoms with Crippen molar-refractivity contribution in [2.45, 2.75) is 64.2 Å². The lowest BCUT2D eigenvalue weighted by molar-refractivity contribution is 0.420. The molecule has 2 fully saturated rings. The second-order valence-electron chi connectivity index (χ2n) is 8.00.